The molecule has 1 aliphatic heterocycles. The summed E-state index contributed by atoms with van der Waals surface area (Å²) in [7, 11) is 0. The Bertz CT molecular complexity index is 213. The number of likely N-dealkylation sites (tertiary alicyclic amines) is 1. The topological polar surface area (TPSA) is 55.6 Å². The van der Waals surface area contributed by atoms with Crippen molar-refractivity contribution in [3.05, 3.63) is 0 Å². The third-order valence-electron chi connectivity index (χ3n) is 3.26. The molecule has 2 N–H and O–H groups in total. The first-order valence-corrected chi connectivity index (χ1v) is 6.26. The van der Waals surface area contributed by atoms with Gasteiger partial charge in [0.15, 0.2) is 0 Å². The number of rotatable bonds is 5. The zero-order chi connectivity index (χ0) is 12.0. The molecule has 0 aromatic carbocycles. The smallest absolute Gasteiger partial charge is 0.309 e. The van der Waals surface area contributed by atoms with Gasteiger partial charge in [0.1, 0.15) is 0 Å². The lowest BCUT2D eigenvalue weighted by atomic mass is 9.96. The SMILES string of the molecule is CCOC(=O)C(C)CN1CCC(CN)CC1. The molecule has 94 valence electrons. The molecule has 1 unspecified atom stereocenters. The predicted octanol–water partition coefficient (Wildman–Crippen LogP) is 0.856. The summed E-state index contributed by atoms with van der Waals surface area (Å²) >= 11 is 0. The molecule has 1 heterocycles. The minimum Gasteiger partial charge on any atom is -0.466 e. The van der Waals surface area contributed by atoms with E-state index in [1.165, 1.54) is 0 Å². The van der Waals surface area contributed by atoms with Gasteiger partial charge in [-0.3, -0.25) is 4.79 Å². The van der Waals surface area contributed by atoms with Crippen molar-refractivity contribution in [1.29, 1.82) is 0 Å². The third kappa shape index (κ3) is 4.10. The third-order valence-corrected chi connectivity index (χ3v) is 3.26. The zero-order valence-electron chi connectivity index (χ0n) is 10.4. The molecule has 0 spiro atoms. The van der Waals surface area contributed by atoms with Crippen LogP contribution >= 0.6 is 0 Å². The van der Waals surface area contributed by atoms with Crippen molar-refractivity contribution in [2.24, 2.45) is 17.6 Å². The lowest BCUT2D eigenvalue weighted by Crippen LogP contribution is -2.40. The van der Waals surface area contributed by atoms with Crippen LogP contribution in [-0.4, -0.2) is 43.7 Å². The van der Waals surface area contributed by atoms with Gasteiger partial charge in [0.25, 0.3) is 0 Å². The van der Waals surface area contributed by atoms with Crippen LogP contribution in [0.1, 0.15) is 26.7 Å². The van der Waals surface area contributed by atoms with E-state index in [0.29, 0.717) is 12.5 Å². The summed E-state index contributed by atoms with van der Waals surface area (Å²) in [5, 5.41) is 0. The highest BCUT2D eigenvalue weighted by Crippen LogP contribution is 2.17. The molecule has 0 saturated carbocycles. The van der Waals surface area contributed by atoms with Gasteiger partial charge in [0, 0.05) is 6.54 Å². The van der Waals surface area contributed by atoms with Crippen LogP contribution in [0.3, 0.4) is 0 Å². The van der Waals surface area contributed by atoms with E-state index in [-0.39, 0.29) is 11.9 Å². The molecule has 16 heavy (non-hydrogen) atoms. The summed E-state index contributed by atoms with van der Waals surface area (Å²) in [4.78, 5) is 13.8. The molecule has 1 atom stereocenters. The molecule has 0 amide bonds. The highest BCUT2D eigenvalue weighted by atomic mass is 16.5. The summed E-state index contributed by atoms with van der Waals surface area (Å²) < 4.78 is 5.00. The fourth-order valence-corrected chi connectivity index (χ4v) is 2.15. The highest BCUT2D eigenvalue weighted by molar-refractivity contribution is 5.72. The van der Waals surface area contributed by atoms with Gasteiger partial charge in [-0.25, -0.2) is 0 Å². The van der Waals surface area contributed by atoms with Gasteiger partial charge in [-0.2, -0.15) is 0 Å². The second kappa shape index (κ2) is 6.86. The normalized spacial score (nSPS) is 20.7. The summed E-state index contributed by atoms with van der Waals surface area (Å²) in [6.45, 7) is 7.98. The Kier molecular flexibility index (Phi) is 5.77. The Morgan fingerprint density at radius 1 is 1.50 bits per heavy atom. The summed E-state index contributed by atoms with van der Waals surface area (Å²) in [6, 6.07) is 0. The second-order valence-corrected chi connectivity index (χ2v) is 4.63. The highest BCUT2D eigenvalue weighted by Gasteiger charge is 2.22. The largest absolute Gasteiger partial charge is 0.466 e. The number of nitrogens with two attached hydrogens (primary N) is 1. The van der Waals surface area contributed by atoms with Crippen LogP contribution < -0.4 is 5.73 Å². The standard InChI is InChI=1S/C12H24N2O2/c1-3-16-12(15)10(2)9-14-6-4-11(8-13)5-7-14/h10-11H,3-9,13H2,1-2H3. The van der Waals surface area contributed by atoms with Gasteiger partial charge in [0.2, 0.25) is 0 Å². The maximum Gasteiger partial charge on any atom is 0.309 e. The van der Waals surface area contributed by atoms with Crippen LogP contribution in [0, 0.1) is 11.8 Å². The summed E-state index contributed by atoms with van der Waals surface area (Å²) in [5.74, 6) is 0.576. The average molecular weight is 228 g/mol. The predicted molar refractivity (Wildman–Crippen MR) is 64.0 cm³/mol. The molecule has 0 aliphatic carbocycles. The van der Waals surface area contributed by atoms with Crippen LogP contribution in [0.4, 0.5) is 0 Å². The maximum absolute atomic E-state index is 11.5. The number of hydrogen-bond acceptors (Lipinski definition) is 4. The summed E-state index contributed by atoms with van der Waals surface area (Å²) in [6.07, 6.45) is 2.32. The van der Waals surface area contributed by atoms with Crippen molar-refractivity contribution in [3.8, 4) is 0 Å². The molecule has 1 aliphatic rings. The quantitative estimate of drug-likeness (QED) is 0.709. The Hall–Kier alpha value is -0.610. The van der Waals surface area contributed by atoms with Crippen molar-refractivity contribution in [2.45, 2.75) is 26.7 Å². The van der Waals surface area contributed by atoms with Gasteiger partial charge in [-0.1, -0.05) is 6.92 Å². The van der Waals surface area contributed by atoms with Crippen molar-refractivity contribution in [2.75, 3.05) is 32.8 Å². The molecule has 4 heteroatoms. The van der Waals surface area contributed by atoms with Gasteiger partial charge in [-0.05, 0) is 45.3 Å². The van der Waals surface area contributed by atoms with Crippen molar-refractivity contribution >= 4 is 5.97 Å². The molecule has 1 saturated heterocycles. The lowest BCUT2D eigenvalue weighted by molar-refractivity contribution is -0.148. The maximum atomic E-state index is 11.5. The Morgan fingerprint density at radius 3 is 2.62 bits per heavy atom. The van der Waals surface area contributed by atoms with Crippen LogP contribution in [0.5, 0.6) is 0 Å². The first kappa shape index (κ1) is 13.5. The lowest BCUT2D eigenvalue weighted by Gasteiger charge is -2.32. The number of piperidine rings is 1. The Morgan fingerprint density at radius 2 is 2.12 bits per heavy atom. The second-order valence-electron chi connectivity index (χ2n) is 4.63. The molecule has 0 aromatic heterocycles. The molecule has 0 radical (unpaired) electrons. The van der Waals surface area contributed by atoms with Gasteiger partial charge >= 0.3 is 5.97 Å². The minimum absolute atomic E-state index is 0.0191. The van der Waals surface area contributed by atoms with E-state index in [1.54, 1.807) is 0 Å². The van der Waals surface area contributed by atoms with Gasteiger partial charge in [0.05, 0.1) is 12.5 Å². The zero-order valence-corrected chi connectivity index (χ0v) is 10.4. The molecular weight excluding hydrogens is 204 g/mol. The molecule has 0 bridgehead atoms. The van der Waals surface area contributed by atoms with Crippen molar-refractivity contribution in [3.63, 3.8) is 0 Å². The molecule has 0 aromatic rings. The number of nitrogens with zero attached hydrogens (tertiary/aromatic N) is 1. The van der Waals surface area contributed by atoms with E-state index in [1.807, 2.05) is 13.8 Å². The van der Waals surface area contributed by atoms with Crippen LogP contribution in [-0.2, 0) is 9.53 Å². The number of carbonyl (C=O) groups excluding carboxylic acids is 1. The van der Waals surface area contributed by atoms with Crippen LogP contribution in [0.2, 0.25) is 0 Å². The minimum atomic E-state index is -0.0801. The summed E-state index contributed by atoms with van der Waals surface area (Å²) in [5.41, 5.74) is 5.65. The number of carbonyl (C=O) groups is 1. The average Bonchev–Trinajstić information content (AvgIpc) is 2.30. The Balaban J connectivity index is 2.25. The molecular formula is C12H24N2O2. The van der Waals surface area contributed by atoms with E-state index < -0.39 is 0 Å². The first-order chi connectivity index (χ1) is 7.67. The molecule has 1 rings (SSSR count). The van der Waals surface area contributed by atoms with Crippen molar-refractivity contribution in [1.82, 2.24) is 4.90 Å². The van der Waals surface area contributed by atoms with E-state index in [9.17, 15) is 4.79 Å². The van der Waals surface area contributed by atoms with Crippen LogP contribution in [0.15, 0.2) is 0 Å². The Labute approximate surface area is 98.1 Å². The number of esters is 1. The fourth-order valence-electron chi connectivity index (χ4n) is 2.15. The number of hydrogen-bond donors (Lipinski definition) is 1. The van der Waals surface area contributed by atoms with Gasteiger partial charge in [-0.15, -0.1) is 0 Å². The molecule has 4 nitrogen and oxygen atoms in total. The van der Waals surface area contributed by atoms with Crippen LogP contribution in [0.25, 0.3) is 0 Å². The van der Waals surface area contributed by atoms with E-state index >= 15 is 0 Å². The van der Waals surface area contributed by atoms with E-state index in [2.05, 4.69) is 4.90 Å². The fraction of sp³-hybridized carbons (Fsp3) is 0.917. The number of ether oxygens (including phenoxy) is 1. The van der Waals surface area contributed by atoms with E-state index in [0.717, 1.165) is 39.0 Å². The first-order valence-electron chi connectivity index (χ1n) is 6.26. The monoisotopic (exact) mass is 228 g/mol. The van der Waals surface area contributed by atoms with E-state index in [4.69, 9.17) is 10.5 Å². The molecule has 1 fully saturated rings. The van der Waals surface area contributed by atoms with Crippen molar-refractivity contribution < 1.29 is 9.53 Å². The van der Waals surface area contributed by atoms with Gasteiger partial charge < -0.3 is 15.4 Å².